The Labute approximate surface area is 103 Å². The average molecular weight is 277 g/mol. The van der Waals surface area contributed by atoms with E-state index in [4.69, 9.17) is 0 Å². The van der Waals surface area contributed by atoms with Crippen LogP contribution in [0.15, 0.2) is 12.3 Å². The molecule has 2 heterocycles. The van der Waals surface area contributed by atoms with Gasteiger partial charge < -0.3 is 4.74 Å². The zero-order valence-electron chi connectivity index (χ0n) is 8.91. The summed E-state index contributed by atoms with van der Waals surface area (Å²) < 4.78 is 43.1. The second-order valence-corrected chi connectivity index (χ2v) is 3.73. The number of aromatic nitrogens is 3. The Balaban J connectivity index is 2.81. The van der Waals surface area contributed by atoms with Crippen LogP contribution in [0.3, 0.4) is 0 Å². The van der Waals surface area contributed by atoms with Gasteiger partial charge >= 0.3 is 12.1 Å². The third kappa shape index (κ3) is 1.96. The van der Waals surface area contributed by atoms with E-state index in [1.165, 1.54) is 0 Å². The van der Waals surface area contributed by atoms with Gasteiger partial charge in [0.15, 0.2) is 5.65 Å². The summed E-state index contributed by atoms with van der Waals surface area (Å²) in [6.07, 6.45) is -3.53. The van der Waals surface area contributed by atoms with Crippen LogP contribution in [0.25, 0.3) is 5.65 Å². The maximum atomic E-state index is 12.8. The molecule has 96 valence electrons. The summed E-state index contributed by atoms with van der Waals surface area (Å²) in [6.45, 7) is 0. The van der Waals surface area contributed by atoms with Crippen molar-refractivity contribution in [2.45, 2.75) is 6.18 Å². The molecule has 18 heavy (non-hydrogen) atoms. The number of fused-ring (bicyclic) bond motifs is 1. The molecule has 0 aliphatic heterocycles. The Morgan fingerprint density at radius 2 is 2.22 bits per heavy atom. The molecule has 0 radical (unpaired) electrons. The van der Waals surface area contributed by atoms with Gasteiger partial charge in [-0.25, -0.2) is 14.3 Å². The summed E-state index contributed by atoms with van der Waals surface area (Å²) in [5.41, 5.74) is -1.37. The van der Waals surface area contributed by atoms with Crippen LogP contribution in [0.1, 0.15) is 16.1 Å². The van der Waals surface area contributed by atoms with Crippen molar-refractivity contribution in [2.75, 3.05) is 7.11 Å². The van der Waals surface area contributed by atoms with Gasteiger partial charge in [0.1, 0.15) is 15.9 Å². The molecule has 2 aromatic heterocycles. The van der Waals surface area contributed by atoms with Gasteiger partial charge in [-0.1, -0.05) is 12.2 Å². The summed E-state index contributed by atoms with van der Waals surface area (Å²) in [5.74, 6) is -0.796. The number of esters is 1. The number of halogens is 3. The van der Waals surface area contributed by atoms with Crippen molar-refractivity contribution in [1.82, 2.24) is 14.6 Å². The van der Waals surface area contributed by atoms with Crippen LogP contribution in [-0.4, -0.2) is 27.7 Å². The lowest BCUT2D eigenvalue weighted by atomic mass is 10.3. The predicted molar refractivity (Wildman–Crippen MR) is 56.7 cm³/mol. The van der Waals surface area contributed by atoms with Crippen LogP contribution < -0.4 is 0 Å². The van der Waals surface area contributed by atoms with Crippen molar-refractivity contribution in [2.24, 2.45) is 0 Å². The third-order valence-electron chi connectivity index (χ3n) is 2.20. The van der Waals surface area contributed by atoms with E-state index in [2.05, 4.69) is 27.0 Å². The van der Waals surface area contributed by atoms with Crippen LogP contribution in [0.5, 0.6) is 0 Å². The highest BCUT2D eigenvalue weighted by Crippen LogP contribution is 2.29. The quantitative estimate of drug-likeness (QED) is 0.641. The molecular formula is C9H6F3N3O2S. The molecule has 0 saturated carbocycles. The monoisotopic (exact) mass is 277 g/mol. The van der Waals surface area contributed by atoms with E-state index >= 15 is 0 Å². The summed E-state index contributed by atoms with van der Waals surface area (Å²) in [4.78, 5) is 15.1. The largest absolute Gasteiger partial charge is 0.465 e. The van der Waals surface area contributed by atoms with Gasteiger partial charge in [-0.2, -0.15) is 13.2 Å². The number of methoxy groups -OCH3 is 1. The number of aromatic amines is 1. The maximum absolute atomic E-state index is 12.8. The van der Waals surface area contributed by atoms with E-state index in [0.29, 0.717) is 10.6 Å². The number of H-pyrrole nitrogens is 1. The summed E-state index contributed by atoms with van der Waals surface area (Å²) in [6, 6.07) is 0.708. The fourth-order valence-corrected chi connectivity index (χ4v) is 1.65. The van der Waals surface area contributed by atoms with Gasteiger partial charge in [-0.3, -0.25) is 5.10 Å². The highest BCUT2D eigenvalue weighted by atomic mass is 32.1. The van der Waals surface area contributed by atoms with Crippen molar-refractivity contribution in [3.05, 3.63) is 28.2 Å². The van der Waals surface area contributed by atoms with E-state index in [9.17, 15) is 18.0 Å². The van der Waals surface area contributed by atoms with Gasteiger partial charge in [0.25, 0.3) is 0 Å². The Morgan fingerprint density at radius 1 is 1.56 bits per heavy atom. The Bertz CT molecular complexity index is 674. The topological polar surface area (TPSA) is 59.4 Å². The van der Waals surface area contributed by atoms with Crippen LogP contribution in [0.2, 0.25) is 0 Å². The molecule has 0 spiro atoms. The summed E-state index contributed by atoms with van der Waals surface area (Å²) in [7, 11) is 1.12. The zero-order valence-corrected chi connectivity index (χ0v) is 9.72. The third-order valence-corrected chi connectivity index (χ3v) is 2.41. The lowest BCUT2D eigenvalue weighted by Crippen LogP contribution is -2.13. The number of ether oxygens (including phenoxy) is 1. The van der Waals surface area contributed by atoms with E-state index in [0.717, 1.165) is 13.3 Å². The molecule has 0 bridgehead atoms. The average Bonchev–Trinajstić information content (AvgIpc) is 2.69. The van der Waals surface area contributed by atoms with Gasteiger partial charge in [0.05, 0.1) is 7.11 Å². The van der Waals surface area contributed by atoms with Crippen LogP contribution in [-0.2, 0) is 10.9 Å². The molecule has 9 heteroatoms. The minimum Gasteiger partial charge on any atom is -0.465 e. The first-order valence-corrected chi connectivity index (χ1v) is 5.02. The summed E-state index contributed by atoms with van der Waals surface area (Å²) >= 11 is 4.65. The van der Waals surface area contributed by atoms with Crippen LogP contribution in [0.4, 0.5) is 13.2 Å². The van der Waals surface area contributed by atoms with E-state index in [1.807, 2.05) is 0 Å². The molecule has 0 saturated heterocycles. The molecule has 0 fully saturated rings. The molecule has 5 nitrogen and oxygen atoms in total. The van der Waals surface area contributed by atoms with Gasteiger partial charge in [0, 0.05) is 12.3 Å². The first kappa shape index (κ1) is 12.6. The van der Waals surface area contributed by atoms with Crippen LogP contribution in [0, 0.1) is 4.64 Å². The standard InChI is InChI=1S/C9H6F3N3O2S/c1-17-8(16)4-3-13-15-5(9(10,11)12)2-6(18)14-7(4)15/h2-3,13H,1H3. The molecule has 0 aromatic carbocycles. The van der Waals surface area contributed by atoms with E-state index < -0.39 is 17.8 Å². The molecule has 0 aliphatic rings. The Morgan fingerprint density at radius 3 is 2.78 bits per heavy atom. The highest BCUT2D eigenvalue weighted by molar-refractivity contribution is 7.71. The van der Waals surface area contributed by atoms with Crippen molar-refractivity contribution in [1.29, 1.82) is 0 Å². The Hall–Kier alpha value is -1.90. The SMILES string of the molecule is COC(=O)c1c[nH]n2c(C(F)(F)F)cc(=S)nc12. The second kappa shape index (κ2) is 4.09. The zero-order chi connectivity index (χ0) is 13.5. The van der Waals surface area contributed by atoms with Gasteiger partial charge in [0.2, 0.25) is 0 Å². The van der Waals surface area contributed by atoms with Crippen LogP contribution >= 0.6 is 12.2 Å². The first-order valence-electron chi connectivity index (χ1n) is 4.61. The molecule has 0 unspecified atom stereocenters. The second-order valence-electron chi connectivity index (χ2n) is 3.32. The van der Waals surface area contributed by atoms with Crippen molar-refractivity contribution in [3.63, 3.8) is 0 Å². The number of carbonyl (C=O) groups is 1. The van der Waals surface area contributed by atoms with Crippen molar-refractivity contribution in [3.8, 4) is 0 Å². The molecule has 0 aliphatic carbocycles. The lowest BCUT2D eigenvalue weighted by Gasteiger charge is -2.08. The summed E-state index contributed by atoms with van der Waals surface area (Å²) in [5, 5.41) is 2.29. The molecule has 1 N–H and O–H groups in total. The predicted octanol–water partition coefficient (Wildman–Crippen LogP) is 2.20. The number of alkyl halides is 3. The smallest absolute Gasteiger partial charge is 0.433 e. The number of hydrogen-bond acceptors (Lipinski definition) is 4. The molecule has 0 atom stereocenters. The first-order chi connectivity index (χ1) is 8.34. The number of nitrogens with one attached hydrogen (secondary N) is 1. The maximum Gasteiger partial charge on any atom is 0.433 e. The van der Waals surface area contributed by atoms with Crippen molar-refractivity contribution < 1.29 is 22.7 Å². The van der Waals surface area contributed by atoms with Gasteiger partial charge in [-0.05, 0) is 0 Å². The van der Waals surface area contributed by atoms with Gasteiger partial charge in [-0.15, -0.1) is 0 Å². The van der Waals surface area contributed by atoms with E-state index in [-0.39, 0.29) is 15.9 Å². The number of nitrogens with zero attached hydrogens (tertiary/aromatic N) is 2. The van der Waals surface area contributed by atoms with E-state index in [1.54, 1.807) is 0 Å². The lowest BCUT2D eigenvalue weighted by molar-refractivity contribution is -0.142. The Kier molecular flexibility index (Phi) is 2.85. The highest BCUT2D eigenvalue weighted by Gasteiger charge is 2.35. The number of rotatable bonds is 1. The molecule has 0 amide bonds. The molecule has 2 rings (SSSR count). The molecular weight excluding hydrogens is 271 g/mol. The number of hydrogen-bond donors (Lipinski definition) is 1. The fourth-order valence-electron chi connectivity index (χ4n) is 1.46. The minimum atomic E-state index is -4.61. The van der Waals surface area contributed by atoms with Crippen molar-refractivity contribution >= 4 is 23.8 Å². The number of carbonyl (C=O) groups excluding carboxylic acids is 1. The molecule has 2 aromatic rings. The normalized spacial score (nSPS) is 11.8. The minimum absolute atomic E-state index is 0.116. The fraction of sp³-hybridized carbons (Fsp3) is 0.222.